The summed E-state index contributed by atoms with van der Waals surface area (Å²) in [6.45, 7) is 6.02. The van der Waals surface area contributed by atoms with E-state index in [0.717, 1.165) is 92.2 Å². The van der Waals surface area contributed by atoms with Crippen molar-refractivity contribution in [1.82, 2.24) is 80.7 Å². The summed E-state index contributed by atoms with van der Waals surface area (Å²) in [5, 5.41) is 46.7. The minimum atomic E-state index is -4.53. The fraction of sp³-hybridized carbons (Fsp3) is 0.162. The number of rotatable bonds is 12. The van der Waals surface area contributed by atoms with Crippen LogP contribution in [-0.2, 0) is 17.8 Å². The molecule has 0 unspecified atom stereocenters. The predicted molar refractivity (Wildman–Crippen MR) is 380 cm³/mol. The Kier molecular flexibility index (Phi) is 17.8. The number of hydrogen-bond acceptors (Lipinski definition) is 16. The van der Waals surface area contributed by atoms with Gasteiger partial charge in [0.2, 0.25) is 0 Å². The van der Waals surface area contributed by atoms with Crippen molar-refractivity contribution in [2.75, 3.05) is 21.3 Å². The Morgan fingerprint density at radius 3 is 1.24 bits per heavy atom. The number of pyridine rings is 8. The van der Waals surface area contributed by atoms with E-state index >= 15 is 0 Å². The van der Waals surface area contributed by atoms with Gasteiger partial charge in [-0.15, -0.1) is 0 Å². The zero-order valence-electron chi connectivity index (χ0n) is 54.4. The van der Waals surface area contributed by atoms with Crippen LogP contribution >= 0.6 is 0 Å². The van der Waals surface area contributed by atoms with E-state index in [1.165, 1.54) is 87.3 Å². The van der Waals surface area contributed by atoms with Crippen LogP contribution in [-0.4, -0.2) is 80.7 Å². The third kappa shape index (κ3) is 14.0. The van der Waals surface area contributed by atoms with Crippen LogP contribution in [0.2, 0.25) is 0 Å². The third-order valence-corrected chi connectivity index (χ3v) is 16.9. The zero-order chi connectivity index (χ0) is 70.0. The van der Waals surface area contributed by atoms with Crippen molar-refractivity contribution in [3.8, 4) is 0 Å². The van der Waals surface area contributed by atoms with Crippen molar-refractivity contribution in [3.63, 3.8) is 0 Å². The molecular formula is C74H61F7N20. The van der Waals surface area contributed by atoms with Crippen LogP contribution < -0.4 is 21.3 Å². The molecule has 0 saturated carbocycles. The summed E-state index contributed by atoms with van der Waals surface area (Å²) >= 11 is 0. The van der Waals surface area contributed by atoms with Gasteiger partial charge in [-0.25, -0.2) is 13.8 Å². The van der Waals surface area contributed by atoms with Gasteiger partial charge in [0, 0.05) is 99.7 Å². The summed E-state index contributed by atoms with van der Waals surface area (Å²) < 4.78 is 95.5. The van der Waals surface area contributed by atoms with Crippen molar-refractivity contribution in [3.05, 3.63) is 224 Å². The highest BCUT2D eigenvalue weighted by Gasteiger charge is 2.39. The van der Waals surface area contributed by atoms with Crippen molar-refractivity contribution >= 4 is 139 Å². The van der Waals surface area contributed by atoms with Crippen LogP contribution in [0.25, 0.3) is 92.8 Å². The Morgan fingerprint density at radius 2 is 0.802 bits per heavy atom. The van der Waals surface area contributed by atoms with Crippen LogP contribution in [0.3, 0.4) is 0 Å². The quantitative estimate of drug-likeness (QED) is 0.0529. The summed E-state index contributed by atoms with van der Waals surface area (Å²) in [6.07, 6.45) is 15.0. The molecule has 8 N–H and O–H groups in total. The highest BCUT2D eigenvalue weighted by atomic mass is 19.4. The maximum absolute atomic E-state index is 14.5. The lowest BCUT2D eigenvalue weighted by molar-refractivity contribution is -0.139. The van der Waals surface area contributed by atoms with E-state index in [-0.39, 0.29) is 11.1 Å². The molecule has 17 rings (SSSR count). The number of alkyl halides is 6. The SMILES string of the molecule is C1=C(c2nccc3cc(Nc4n[nH]c5cccnc45)ccc23)CCCC1.CC(C)(F)c1nccc2cc(Nc3n[nH]c4cccnc34)ccc12.CC(C)C(F)(F)c1nccc2cc(Nc3n[nH]c4cccnc34)ccc12.Fc1cnc2c(Nc3ccc4c(C(F)(F)F)nccc4c3)n[nH]c2c1. The second-order valence-electron chi connectivity index (χ2n) is 24.6. The number of nitrogens with one attached hydrogen (secondary N) is 8. The summed E-state index contributed by atoms with van der Waals surface area (Å²) in [5.74, 6) is -1.99. The summed E-state index contributed by atoms with van der Waals surface area (Å²) in [7, 11) is 0. The third-order valence-electron chi connectivity index (χ3n) is 16.9. The van der Waals surface area contributed by atoms with E-state index in [9.17, 15) is 30.7 Å². The Bertz CT molecular complexity index is 5740. The smallest absolute Gasteiger partial charge is 0.337 e. The van der Waals surface area contributed by atoms with E-state index in [1.54, 1.807) is 55.1 Å². The maximum Gasteiger partial charge on any atom is 0.433 e. The summed E-state index contributed by atoms with van der Waals surface area (Å²) in [6, 6.07) is 41.5. The average Bonchev–Trinajstić information content (AvgIpc) is 1.39. The highest BCUT2D eigenvalue weighted by Crippen LogP contribution is 2.41. The van der Waals surface area contributed by atoms with Gasteiger partial charge in [-0.3, -0.25) is 55.3 Å². The van der Waals surface area contributed by atoms with Gasteiger partial charge < -0.3 is 21.3 Å². The molecule has 12 aromatic heterocycles. The lowest BCUT2D eigenvalue weighted by atomic mass is 9.94. The minimum Gasteiger partial charge on any atom is -0.337 e. The number of allylic oxidation sites excluding steroid dienone is 2. The van der Waals surface area contributed by atoms with Crippen LogP contribution in [0, 0.1) is 11.7 Å². The Labute approximate surface area is 569 Å². The lowest BCUT2D eigenvalue weighted by Gasteiger charge is -2.21. The molecule has 12 heterocycles. The normalized spacial score (nSPS) is 12.7. The van der Waals surface area contributed by atoms with Crippen LogP contribution in [0.15, 0.2) is 195 Å². The molecule has 1 aliphatic carbocycles. The first kappa shape index (κ1) is 65.7. The summed E-state index contributed by atoms with van der Waals surface area (Å²) in [4.78, 5) is 33.2. The van der Waals surface area contributed by atoms with E-state index in [0.29, 0.717) is 61.5 Å². The molecule has 20 nitrogen and oxygen atoms in total. The highest BCUT2D eigenvalue weighted by molar-refractivity contribution is 5.97. The number of H-pyrrole nitrogens is 4. The minimum absolute atomic E-state index is 0.00707. The lowest BCUT2D eigenvalue weighted by Crippen LogP contribution is -2.22. The fourth-order valence-electron chi connectivity index (χ4n) is 11.9. The molecule has 27 heteroatoms. The molecule has 4 aromatic carbocycles. The van der Waals surface area contributed by atoms with Crippen molar-refractivity contribution in [1.29, 1.82) is 0 Å². The fourth-order valence-corrected chi connectivity index (χ4v) is 11.9. The first-order valence-corrected chi connectivity index (χ1v) is 32.1. The number of halogens is 7. The molecule has 16 aromatic rings. The predicted octanol–water partition coefficient (Wildman–Crippen LogP) is 19.1. The van der Waals surface area contributed by atoms with Gasteiger partial charge in [0.15, 0.2) is 29.0 Å². The number of nitrogens with zero attached hydrogens (tertiary/aromatic N) is 12. The largest absolute Gasteiger partial charge is 0.433 e. The van der Waals surface area contributed by atoms with Gasteiger partial charge in [0.1, 0.15) is 39.2 Å². The Balaban J connectivity index is 0.000000114. The molecule has 0 spiro atoms. The molecule has 506 valence electrons. The molecule has 0 saturated heterocycles. The van der Waals surface area contributed by atoms with Crippen molar-refractivity contribution in [2.45, 2.75) is 71.1 Å². The standard InChI is InChI=1S/C21H19N5.C19H17F2N5.C18H16FN5.C16H9F4N5/c1-2-5-14(6-3-1)19-17-9-8-16(13-15(17)10-12-23-19)24-21-20-18(25-26-21)7-4-11-22-20;1-11(2)19(20,21)17-14-6-5-13(10-12(14)7-9-23-17)24-18-16-15(25-26-18)4-3-8-22-16;1-18(2,19)16-13-6-5-12(10-11(13)7-9-21-16)22-17-15-14(23-24-17)4-3-8-20-15;17-9-6-12-13(22-7-9)15(25-24-12)23-10-1-2-11-8(5-10)3-4-21-14(11)16(18,19)20/h4-5,7-13H,1-3,6H2,(H2,24,25,26);3-11H,1-2H3,(H2,24,25,26);3-10H,1-2H3,(H2,22,23,24);1-7H,(H2,23,24,25). The van der Waals surface area contributed by atoms with Crippen molar-refractivity contribution in [2.24, 2.45) is 5.92 Å². The number of aromatic amines is 4. The Hall–Kier alpha value is -12.6. The molecule has 0 bridgehead atoms. The van der Waals surface area contributed by atoms with Crippen LogP contribution in [0.4, 0.5) is 76.8 Å². The van der Waals surface area contributed by atoms with Gasteiger partial charge in [-0.2, -0.15) is 42.3 Å². The number of aromatic nitrogens is 16. The van der Waals surface area contributed by atoms with Crippen LogP contribution in [0.5, 0.6) is 0 Å². The van der Waals surface area contributed by atoms with E-state index in [4.69, 9.17) is 0 Å². The van der Waals surface area contributed by atoms with Gasteiger partial charge >= 0.3 is 6.18 Å². The summed E-state index contributed by atoms with van der Waals surface area (Å²) in [5.41, 5.74) is 9.22. The zero-order valence-corrected chi connectivity index (χ0v) is 54.4. The van der Waals surface area contributed by atoms with Gasteiger partial charge in [0.05, 0.1) is 39.7 Å². The molecular weight excluding hydrogens is 1300 g/mol. The maximum atomic E-state index is 14.5. The topological polar surface area (TPSA) is 266 Å². The molecule has 0 aliphatic heterocycles. The van der Waals surface area contributed by atoms with E-state index < -0.39 is 35.2 Å². The van der Waals surface area contributed by atoms with Crippen LogP contribution in [0.1, 0.15) is 76.2 Å². The van der Waals surface area contributed by atoms with Gasteiger partial charge in [-0.1, -0.05) is 44.2 Å². The first-order chi connectivity index (χ1) is 48.8. The molecule has 0 atom stereocenters. The number of anilines is 8. The number of hydrogen-bond donors (Lipinski definition) is 8. The van der Waals surface area contributed by atoms with Crippen molar-refractivity contribution < 1.29 is 30.7 Å². The Morgan fingerprint density at radius 1 is 0.406 bits per heavy atom. The molecule has 0 fully saturated rings. The molecule has 1 aliphatic rings. The number of benzene rings is 4. The second kappa shape index (κ2) is 27.4. The number of fused-ring (bicyclic) bond motifs is 8. The average molecular weight is 1360 g/mol. The molecule has 101 heavy (non-hydrogen) atoms. The second-order valence-corrected chi connectivity index (χ2v) is 24.6. The monoisotopic (exact) mass is 1360 g/mol. The molecule has 0 radical (unpaired) electrons. The molecule has 0 amide bonds. The van der Waals surface area contributed by atoms with E-state index in [2.05, 4.69) is 132 Å². The van der Waals surface area contributed by atoms with Gasteiger partial charge in [0.25, 0.3) is 5.92 Å². The van der Waals surface area contributed by atoms with E-state index in [1.807, 2.05) is 66.9 Å². The first-order valence-electron chi connectivity index (χ1n) is 32.1. The van der Waals surface area contributed by atoms with Gasteiger partial charge in [-0.05, 0) is 176 Å².